The zero-order chi connectivity index (χ0) is 20.6. The number of nitrogens with zero attached hydrogens (tertiary/aromatic N) is 4. The van der Waals surface area contributed by atoms with E-state index in [2.05, 4.69) is 36.1 Å². The number of halogens is 1. The van der Waals surface area contributed by atoms with Gasteiger partial charge in [-0.05, 0) is 30.3 Å². The van der Waals surface area contributed by atoms with Crippen LogP contribution in [-0.4, -0.2) is 21.2 Å². The van der Waals surface area contributed by atoms with Gasteiger partial charge in [-0.2, -0.15) is 20.1 Å². The number of hydrogen-bond donors (Lipinski definition) is 3. The maximum atomic E-state index is 13.7. The smallest absolute Gasteiger partial charge is 0.250 e. The first-order chi connectivity index (χ1) is 14.8. The zero-order valence-electron chi connectivity index (χ0n) is 15.8. The van der Waals surface area contributed by atoms with E-state index in [0.717, 1.165) is 11.4 Å². The fourth-order valence-corrected chi connectivity index (χ4v) is 2.58. The van der Waals surface area contributed by atoms with Gasteiger partial charge < -0.3 is 10.6 Å². The van der Waals surface area contributed by atoms with E-state index in [4.69, 9.17) is 0 Å². The van der Waals surface area contributed by atoms with E-state index in [9.17, 15) is 4.39 Å². The van der Waals surface area contributed by atoms with Crippen molar-refractivity contribution in [2.45, 2.75) is 0 Å². The van der Waals surface area contributed by atoms with Gasteiger partial charge in [0.15, 0.2) is 0 Å². The molecule has 0 spiro atoms. The number of para-hydroxylation sites is 2. The summed E-state index contributed by atoms with van der Waals surface area (Å²) in [5, 5.41) is 10.3. The fraction of sp³-hybridized carbons (Fsp3) is 0. The van der Waals surface area contributed by atoms with Crippen LogP contribution in [0.5, 0.6) is 0 Å². The van der Waals surface area contributed by atoms with Crippen LogP contribution in [0.3, 0.4) is 0 Å². The number of hydrogen-bond acceptors (Lipinski definition) is 7. The number of hydrazone groups is 1. The second-order valence-corrected chi connectivity index (χ2v) is 6.18. The lowest BCUT2D eigenvalue weighted by Gasteiger charge is -2.10. The Morgan fingerprint density at radius 3 is 1.70 bits per heavy atom. The molecule has 7 nitrogen and oxygen atoms in total. The Kier molecular flexibility index (Phi) is 5.86. The molecule has 0 saturated heterocycles. The van der Waals surface area contributed by atoms with Crippen molar-refractivity contribution in [2.24, 2.45) is 5.10 Å². The number of rotatable bonds is 7. The molecule has 0 unspecified atom stereocenters. The first-order valence-electron chi connectivity index (χ1n) is 9.20. The van der Waals surface area contributed by atoms with E-state index in [1.807, 2.05) is 60.7 Å². The molecule has 0 fully saturated rings. The van der Waals surface area contributed by atoms with Crippen LogP contribution in [0, 0.1) is 5.82 Å². The monoisotopic (exact) mass is 399 g/mol. The molecule has 30 heavy (non-hydrogen) atoms. The molecule has 0 aliphatic heterocycles. The molecule has 4 rings (SSSR count). The molecule has 4 aromatic rings. The van der Waals surface area contributed by atoms with Crippen LogP contribution >= 0.6 is 0 Å². The minimum atomic E-state index is -0.364. The van der Waals surface area contributed by atoms with Crippen molar-refractivity contribution < 1.29 is 4.39 Å². The highest BCUT2D eigenvalue weighted by Gasteiger charge is 2.07. The van der Waals surface area contributed by atoms with Crippen LogP contribution in [0.4, 0.5) is 33.6 Å². The average Bonchev–Trinajstić information content (AvgIpc) is 2.76. The van der Waals surface area contributed by atoms with Gasteiger partial charge >= 0.3 is 0 Å². The fourth-order valence-electron chi connectivity index (χ4n) is 2.58. The van der Waals surface area contributed by atoms with Crippen LogP contribution in [0.1, 0.15) is 5.56 Å². The summed E-state index contributed by atoms with van der Waals surface area (Å²) in [5.74, 6) is 0.502. The van der Waals surface area contributed by atoms with Crippen molar-refractivity contribution in [2.75, 3.05) is 16.1 Å². The van der Waals surface area contributed by atoms with E-state index >= 15 is 0 Å². The molecule has 0 atom stereocenters. The van der Waals surface area contributed by atoms with Gasteiger partial charge in [0.25, 0.3) is 0 Å². The molecule has 148 valence electrons. The van der Waals surface area contributed by atoms with Crippen LogP contribution in [0.15, 0.2) is 90.0 Å². The van der Waals surface area contributed by atoms with Crippen molar-refractivity contribution in [1.82, 2.24) is 15.0 Å². The average molecular weight is 399 g/mol. The molecule has 8 heteroatoms. The van der Waals surface area contributed by atoms with Gasteiger partial charge in [-0.1, -0.05) is 54.6 Å². The highest BCUT2D eigenvalue weighted by Crippen LogP contribution is 2.18. The molecular weight excluding hydrogens is 381 g/mol. The predicted molar refractivity (Wildman–Crippen MR) is 117 cm³/mol. The summed E-state index contributed by atoms with van der Waals surface area (Å²) < 4.78 is 13.7. The summed E-state index contributed by atoms with van der Waals surface area (Å²) in [7, 11) is 0. The Morgan fingerprint density at radius 1 is 0.633 bits per heavy atom. The molecule has 3 aromatic carbocycles. The van der Waals surface area contributed by atoms with Crippen LogP contribution < -0.4 is 16.1 Å². The summed E-state index contributed by atoms with van der Waals surface area (Å²) in [6, 6.07) is 25.4. The largest absolute Gasteiger partial charge is 0.324 e. The van der Waals surface area contributed by atoms with E-state index in [1.165, 1.54) is 12.3 Å². The van der Waals surface area contributed by atoms with Gasteiger partial charge in [-0.15, -0.1) is 0 Å². The Bertz CT molecular complexity index is 1070. The standard InChI is InChI=1S/C22H18FN7/c23-19-14-8-7-9-16(19)15-24-30-22-28-20(25-17-10-3-1-4-11-17)27-21(29-22)26-18-12-5-2-6-13-18/h1-15H,(H3,25,26,27,28,29,30). The van der Waals surface area contributed by atoms with Crippen LogP contribution in [-0.2, 0) is 0 Å². The molecule has 0 saturated carbocycles. The predicted octanol–water partition coefficient (Wildman–Crippen LogP) is 4.94. The van der Waals surface area contributed by atoms with Gasteiger partial charge in [0.1, 0.15) is 5.82 Å². The van der Waals surface area contributed by atoms with Crippen LogP contribution in [0.2, 0.25) is 0 Å². The van der Waals surface area contributed by atoms with Gasteiger partial charge in [0, 0.05) is 16.9 Å². The Morgan fingerprint density at radius 2 is 1.13 bits per heavy atom. The van der Waals surface area contributed by atoms with E-state index < -0.39 is 0 Å². The number of aromatic nitrogens is 3. The Labute approximate surface area is 172 Å². The SMILES string of the molecule is Fc1ccccc1C=NNc1nc(Nc2ccccc2)nc(Nc2ccccc2)n1. The molecule has 1 aromatic heterocycles. The maximum absolute atomic E-state index is 13.7. The third-order valence-corrected chi connectivity index (χ3v) is 3.97. The molecule has 0 amide bonds. The van der Waals surface area contributed by atoms with Crippen molar-refractivity contribution in [3.8, 4) is 0 Å². The molecule has 1 heterocycles. The third-order valence-electron chi connectivity index (χ3n) is 3.97. The van der Waals surface area contributed by atoms with Crippen LogP contribution in [0.25, 0.3) is 0 Å². The van der Waals surface area contributed by atoms with E-state index in [1.54, 1.807) is 18.2 Å². The van der Waals surface area contributed by atoms with Crippen molar-refractivity contribution in [1.29, 1.82) is 0 Å². The zero-order valence-corrected chi connectivity index (χ0v) is 15.8. The lowest BCUT2D eigenvalue weighted by molar-refractivity contribution is 0.626. The van der Waals surface area contributed by atoms with Crippen molar-refractivity contribution in [3.63, 3.8) is 0 Å². The third kappa shape index (κ3) is 5.14. The summed E-state index contributed by atoms with van der Waals surface area (Å²) in [5.41, 5.74) is 4.74. The van der Waals surface area contributed by atoms with Crippen molar-refractivity contribution >= 4 is 35.4 Å². The molecule has 0 radical (unpaired) electrons. The summed E-state index contributed by atoms with van der Waals surface area (Å²) in [6.45, 7) is 0. The van der Waals surface area contributed by atoms with Gasteiger partial charge in [0.05, 0.1) is 6.21 Å². The number of benzene rings is 3. The quantitative estimate of drug-likeness (QED) is 0.301. The second kappa shape index (κ2) is 9.24. The van der Waals surface area contributed by atoms with Gasteiger partial charge in [0.2, 0.25) is 17.8 Å². The summed E-state index contributed by atoms with van der Waals surface area (Å²) in [6.07, 6.45) is 1.37. The first-order valence-corrected chi connectivity index (χ1v) is 9.20. The van der Waals surface area contributed by atoms with Gasteiger partial charge in [-0.25, -0.2) is 9.82 Å². The van der Waals surface area contributed by atoms with E-state index in [-0.39, 0.29) is 11.8 Å². The topological polar surface area (TPSA) is 87.1 Å². The minimum Gasteiger partial charge on any atom is -0.324 e. The molecule has 3 N–H and O–H groups in total. The Hall–Kier alpha value is -4.33. The van der Waals surface area contributed by atoms with E-state index in [0.29, 0.717) is 17.5 Å². The normalized spacial score (nSPS) is 10.7. The highest BCUT2D eigenvalue weighted by molar-refractivity contribution is 5.80. The second-order valence-electron chi connectivity index (χ2n) is 6.18. The number of anilines is 5. The van der Waals surface area contributed by atoms with Crippen molar-refractivity contribution in [3.05, 3.63) is 96.3 Å². The lowest BCUT2D eigenvalue weighted by atomic mass is 10.2. The minimum absolute atomic E-state index is 0.203. The number of nitrogens with one attached hydrogen (secondary N) is 3. The lowest BCUT2D eigenvalue weighted by Crippen LogP contribution is -2.07. The molecular formula is C22H18FN7. The Balaban J connectivity index is 1.58. The highest BCUT2D eigenvalue weighted by atomic mass is 19.1. The summed E-state index contributed by atoms with van der Waals surface area (Å²) in [4.78, 5) is 13.1. The van der Waals surface area contributed by atoms with Gasteiger partial charge in [-0.3, -0.25) is 0 Å². The molecule has 0 bridgehead atoms. The first kappa shape index (κ1) is 19.0. The molecule has 0 aliphatic carbocycles. The molecule has 0 aliphatic rings. The summed E-state index contributed by atoms with van der Waals surface area (Å²) >= 11 is 0. The maximum Gasteiger partial charge on any atom is 0.250 e.